The topological polar surface area (TPSA) is 130 Å². The van der Waals surface area contributed by atoms with Gasteiger partial charge in [0, 0.05) is 24.0 Å². The second-order valence-corrected chi connectivity index (χ2v) is 12.4. The Morgan fingerprint density at radius 2 is 1.57 bits per heavy atom. The number of anilines is 3. The third-order valence-corrected chi connectivity index (χ3v) is 8.44. The lowest BCUT2D eigenvalue weighted by molar-refractivity contribution is 0.102. The number of rotatable bonds is 5. The van der Waals surface area contributed by atoms with Crippen molar-refractivity contribution >= 4 is 54.6 Å². The van der Waals surface area contributed by atoms with Gasteiger partial charge in [-0.25, -0.2) is 21.5 Å². The summed E-state index contributed by atoms with van der Waals surface area (Å²) in [5, 5.41) is 7.59. The molecule has 0 spiro atoms. The summed E-state index contributed by atoms with van der Waals surface area (Å²) < 4.78 is 54.4. The van der Waals surface area contributed by atoms with E-state index in [1.165, 1.54) is 42.1 Å². The van der Waals surface area contributed by atoms with Crippen molar-refractivity contribution in [2.24, 2.45) is 0 Å². The molecule has 0 radical (unpaired) electrons. The summed E-state index contributed by atoms with van der Waals surface area (Å²) in [4.78, 5) is 13.5. The minimum Gasteiger partial charge on any atom is -0.321 e. The van der Waals surface area contributed by atoms with Crippen LogP contribution in [0.3, 0.4) is 0 Å². The van der Waals surface area contributed by atoms with Gasteiger partial charge in [-0.2, -0.15) is 5.10 Å². The van der Waals surface area contributed by atoms with Crippen molar-refractivity contribution in [2.75, 3.05) is 27.6 Å². The smallest absolute Gasteiger partial charge is 0.278 e. The van der Waals surface area contributed by atoms with Gasteiger partial charge in [-0.15, -0.1) is 0 Å². The summed E-state index contributed by atoms with van der Waals surface area (Å²) in [7, 11) is -6.06. The van der Waals surface area contributed by atoms with Crippen molar-refractivity contribution in [3.63, 3.8) is 0 Å². The molecule has 3 aromatic carbocycles. The summed E-state index contributed by atoms with van der Waals surface area (Å²) in [6.07, 6.45) is 1.03. The quantitative estimate of drug-likeness (QED) is 0.382. The first-order valence-corrected chi connectivity index (χ1v) is 14.5. The Labute approximate surface area is 218 Å². The lowest BCUT2D eigenvalue weighted by Gasteiger charge is -2.27. The number of amides is 1. The van der Waals surface area contributed by atoms with E-state index in [0.29, 0.717) is 33.3 Å². The maximum absolute atomic E-state index is 13.4. The summed E-state index contributed by atoms with van der Waals surface area (Å²) in [6.45, 7) is 0. The number of hydrogen-bond acceptors (Lipinski definition) is 6. The van der Waals surface area contributed by atoms with E-state index in [-0.39, 0.29) is 16.3 Å². The molecule has 0 bridgehead atoms. The Morgan fingerprint density at radius 1 is 0.946 bits per heavy atom. The lowest BCUT2D eigenvalue weighted by Crippen LogP contribution is -2.32. The number of nitrogens with one attached hydrogen (secondary N) is 2. The van der Waals surface area contributed by atoms with Crippen LogP contribution >= 0.6 is 11.6 Å². The fourth-order valence-corrected chi connectivity index (χ4v) is 6.26. The van der Waals surface area contributed by atoms with Crippen molar-refractivity contribution in [3.05, 3.63) is 83.5 Å². The third-order valence-electron chi connectivity index (χ3n) is 5.70. The van der Waals surface area contributed by atoms with Crippen LogP contribution in [-0.2, 0) is 20.0 Å². The largest absolute Gasteiger partial charge is 0.321 e. The Balaban J connectivity index is 1.65. The van der Waals surface area contributed by atoms with Crippen LogP contribution in [0.1, 0.15) is 10.5 Å². The second-order valence-electron chi connectivity index (χ2n) is 8.28. The predicted molar refractivity (Wildman–Crippen MR) is 142 cm³/mol. The van der Waals surface area contributed by atoms with Crippen LogP contribution in [0.2, 0.25) is 5.02 Å². The molecule has 13 heteroatoms. The van der Waals surface area contributed by atoms with Crippen LogP contribution in [0.15, 0.2) is 77.7 Å². The van der Waals surface area contributed by atoms with Crippen LogP contribution < -0.4 is 14.3 Å². The fourth-order valence-electron chi connectivity index (χ4n) is 4.08. The molecule has 0 aliphatic carbocycles. The van der Waals surface area contributed by atoms with E-state index in [9.17, 15) is 21.6 Å². The molecule has 5 rings (SSSR count). The van der Waals surface area contributed by atoms with Gasteiger partial charge in [0.2, 0.25) is 10.0 Å². The fraction of sp³-hybridized carbons (Fsp3) is 0.0833. The zero-order valence-corrected chi connectivity index (χ0v) is 21.9. The molecule has 190 valence electrons. The maximum atomic E-state index is 13.4. The standard InChI is InChI=1S/C24H20ClN5O5S2/c1-29-23-21(24(31)26-15-11-13-16(14-12-15)28-36(2,32)33)27-30(19-9-5-4-8-18(19)25)22(23)17-7-3-6-10-20(17)37(29,34)35/h3-14,28H,1-2H3,(H,26,31). The molecular weight excluding hydrogens is 538 g/mol. The van der Waals surface area contributed by atoms with Crippen LogP contribution in [0.5, 0.6) is 0 Å². The van der Waals surface area contributed by atoms with Gasteiger partial charge in [-0.05, 0) is 42.5 Å². The molecule has 0 saturated heterocycles. The Morgan fingerprint density at radius 3 is 2.24 bits per heavy atom. The molecule has 37 heavy (non-hydrogen) atoms. The first kappa shape index (κ1) is 24.8. The van der Waals surface area contributed by atoms with E-state index < -0.39 is 26.0 Å². The van der Waals surface area contributed by atoms with Gasteiger partial charge in [-0.3, -0.25) is 13.8 Å². The molecule has 1 aliphatic rings. The number of benzene rings is 3. The molecular formula is C24H20ClN5O5S2. The lowest BCUT2D eigenvalue weighted by atomic mass is 10.1. The van der Waals surface area contributed by atoms with Crippen molar-refractivity contribution < 1.29 is 21.6 Å². The number of halogens is 1. The molecule has 1 aliphatic heterocycles. The van der Waals surface area contributed by atoms with Crippen LogP contribution in [-0.4, -0.2) is 45.8 Å². The molecule has 0 atom stereocenters. The van der Waals surface area contributed by atoms with Crippen molar-refractivity contribution in [3.8, 4) is 16.9 Å². The first-order chi connectivity index (χ1) is 17.5. The van der Waals surface area contributed by atoms with Gasteiger partial charge in [0.25, 0.3) is 15.9 Å². The molecule has 1 aromatic heterocycles. The van der Waals surface area contributed by atoms with E-state index in [0.717, 1.165) is 10.6 Å². The number of para-hydroxylation sites is 1. The number of hydrogen-bond donors (Lipinski definition) is 2. The Bertz CT molecular complexity index is 1770. The Kier molecular flexibility index (Phi) is 5.97. The maximum Gasteiger partial charge on any atom is 0.278 e. The second kappa shape index (κ2) is 8.91. The number of carbonyl (C=O) groups is 1. The normalized spacial score (nSPS) is 14.0. The molecule has 0 saturated carbocycles. The SMILES string of the molecule is CN1c2c(C(=O)Nc3ccc(NS(C)(=O)=O)cc3)nn(-c3ccccc3Cl)c2-c2ccccc2S1(=O)=O. The number of nitrogens with zero attached hydrogens (tertiary/aromatic N) is 3. The molecule has 2 heterocycles. The van der Waals surface area contributed by atoms with Gasteiger partial charge < -0.3 is 5.32 Å². The summed E-state index contributed by atoms with van der Waals surface area (Å²) in [6, 6.07) is 19.4. The van der Waals surface area contributed by atoms with E-state index in [2.05, 4.69) is 15.1 Å². The van der Waals surface area contributed by atoms with Crippen molar-refractivity contribution in [1.82, 2.24) is 9.78 Å². The summed E-state index contributed by atoms with van der Waals surface area (Å²) in [5.41, 5.74) is 1.91. The monoisotopic (exact) mass is 557 g/mol. The highest BCUT2D eigenvalue weighted by molar-refractivity contribution is 7.93. The van der Waals surface area contributed by atoms with E-state index in [1.54, 1.807) is 42.5 Å². The highest BCUT2D eigenvalue weighted by atomic mass is 35.5. The first-order valence-electron chi connectivity index (χ1n) is 10.8. The van der Waals surface area contributed by atoms with E-state index in [1.807, 2.05) is 0 Å². The number of carbonyl (C=O) groups excluding carboxylic acids is 1. The minimum absolute atomic E-state index is 0.0825. The molecule has 0 fully saturated rings. The van der Waals surface area contributed by atoms with Gasteiger partial charge >= 0.3 is 0 Å². The molecule has 4 aromatic rings. The van der Waals surface area contributed by atoms with Gasteiger partial charge in [-0.1, -0.05) is 41.9 Å². The van der Waals surface area contributed by atoms with Gasteiger partial charge in [0.05, 0.1) is 21.9 Å². The summed E-state index contributed by atoms with van der Waals surface area (Å²) in [5.74, 6) is -0.660. The van der Waals surface area contributed by atoms with Crippen molar-refractivity contribution in [2.45, 2.75) is 4.90 Å². The minimum atomic E-state index is -3.96. The summed E-state index contributed by atoms with van der Waals surface area (Å²) >= 11 is 6.46. The molecule has 2 N–H and O–H groups in total. The average molecular weight is 558 g/mol. The van der Waals surface area contributed by atoms with E-state index in [4.69, 9.17) is 11.6 Å². The van der Waals surface area contributed by atoms with Crippen LogP contribution in [0.25, 0.3) is 16.9 Å². The third kappa shape index (κ3) is 4.43. The van der Waals surface area contributed by atoms with Crippen LogP contribution in [0, 0.1) is 0 Å². The Hall–Kier alpha value is -3.87. The van der Waals surface area contributed by atoms with Crippen molar-refractivity contribution in [1.29, 1.82) is 0 Å². The number of aromatic nitrogens is 2. The van der Waals surface area contributed by atoms with Gasteiger partial charge in [0.15, 0.2) is 5.69 Å². The van der Waals surface area contributed by atoms with Gasteiger partial charge in [0.1, 0.15) is 11.4 Å². The van der Waals surface area contributed by atoms with Crippen LogP contribution in [0.4, 0.5) is 17.1 Å². The average Bonchev–Trinajstić information content (AvgIpc) is 3.24. The highest BCUT2D eigenvalue weighted by Crippen LogP contribution is 2.45. The zero-order valence-electron chi connectivity index (χ0n) is 19.5. The number of fused-ring (bicyclic) bond motifs is 3. The number of sulfonamides is 2. The van der Waals surface area contributed by atoms with E-state index >= 15 is 0 Å². The molecule has 0 unspecified atom stereocenters. The highest BCUT2D eigenvalue weighted by Gasteiger charge is 2.40. The molecule has 1 amide bonds. The predicted octanol–water partition coefficient (Wildman–Crippen LogP) is 3.96. The zero-order chi connectivity index (χ0) is 26.5. The molecule has 10 nitrogen and oxygen atoms in total.